The molecular formula is C28H38N2O2. The molecule has 1 saturated carbocycles. The smallest absolute Gasteiger partial charge is 0.127 e. The van der Waals surface area contributed by atoms with Crippen LogP contribution in [-0.2, 0) is 12.8 Å². The minimum Gasteiger partial charge on any atom is -0.507 e. The SMILES string of the molecule is CC(C)Cc1cc(C=N[C@@H]2CCCC[C@H]2N=Cc2ccccc2O)c(O)c(CC(C)C)c1. The molecule has 2 atom stereocenters. The first kappa shape index (κ1) is 24.0. The summed E-state index contributed by atoms with van der Waals surface area (Å²) in [7, 11) is 0. The number of phenolic OH excluding ortho intramolecular Hbond substituents is 2. The van der Waals surface area contributed by atoms with Gasteiger partial charge in [0.2, 0.25) is 0 Å². The quantitative estimate of drug-likeness (QED) is 0.476. The monoisotopic (exact) mass is 434 g/mol. The Morgan fingerprint density at radius 3 is 2.03 bits per heavy atom. The summed E-state index contributed by atoms with van der Waals surface area (Å²) in [6, 6.07) is 11.7. The second-order valence-electron chi connectivity index (χ2n) is 9.92. The molecule has 4 heteroatoms. The zero-order chi connectivity index (χ0) is 23.1. The molecule has 0 heterocycles. The van der Waals surface area contributed by atoms with Gasteiger partial charge in [0, 0.05) is 23.6 Å². The van der Waals surface area contributed by atoms with Crippen LogP contribution < -0.4 is 0 Å². The maximum absolute atomic E-state index is 10.9. The number of nitrogens with zero attached hydrogens (tertiary/aromatic N) is 2. The molecular weight excluding hydrogens is 396 g/mol. The first-order valence-corrected chi connectivity index (χ1v) is 12.0. The van der Waals surface area contributed by atoms with Crippen molar-refractivity contribution in [3.63, 3.8) is 0 Å². The fraction of sp³-hybridized carbons (Fsp3) is 0.500. The van der Waals surface area contributed by atoms with Crippen LogP contribution in [0.25, 0.3) is 0 Å². The normalized spacial score (nSPS) is 19.6. The van der Waals surface area contributed by atoms with E-state index in [1.165, 1.54) is 5.56 Å². The number of para-hydroxylation sites is 1. The molecule has 0 amide bonds. The number of aliphatic imine (C=N–C) groups is 2. The number of benzene rings is 2. The third-order valence-electron chi connectivity index (χ3n) is 5.99. The lowest BCUT2D eigenvalue weighted by Crippen LogP contribution is -2.27. The van der Waals surface area contributed by atoms with Crippen LogP contribution in [0.3, 0.4) is 0 Å². The van der Waals surface area contributed by atoms with Crippen molar-refractivity contribution in [2.24, 2.45) is 21.8 Å². The standard InChI is InChI=1S/C28H38N2O2/c1-19(2)13-21-15-23(14-20(3)4)28(32)24(16-21)18-30-26-11-7-6-10-25(26)29-17-22-9-5-8-12-27(22)31/h5,8-9,12,15-20,25-26,31-32H,6-7,10-11,13-14H2,1-4H3/t25-,26-/m1/s1. The Morgan fingerprint density at radius 1 is 0.844 bits per heavy atom. The molecule has 1 fully saturated rings. The number of aromatic hydroxyl groups is 2. The average Bonchev–Trinajstić information content (AvgIpc) is 2.74. The highest BCUT2D eigenvalue weighted by atomic mass is 16.3. The highest BCUT2D eigenvalue weighted by molar-refractivity contribution is 5.85. The van der Waals surface area contributed by atoms with Gasteiger partial charge < -0.3 is 10.2 Å². The van der Waals surface area contributed by atoms with Gasteiger partial charge in [-0.1, -0.05) is 58.7 Å². The number of rotatable bonds is 8. The first-order valence-electron chi connectivity index (χ1n) is 12.0. The van der Waals surface area contributed by atoms with Gasteiger partial charge in [-0.15, -0.1) is 0 Å². The van der Waals surface area contributed by atoms with Crippen molar-refractivity contribution in [1.29, 1.82) is 0 Å². The van der Waals surface area contributed by atoms with Gasteiger partial charge in [0.15, 0.2) is 0 Å². The predicted molar refractivity (Wildman–Crippen MR) is 135 cm³/mol. The van der Waals surface area contributed by atoms with E-state index in [-0.39, 0.29) is 17.8 Å². The van der Waals surface area contributed by atoms with E-state index in [0.29, 0.717) is 17.6 Å². The average molecular weight is 435 g/mol. The highest BCUT2D eigenvalue weighted by Gasteiger charge is 2.23. The zero-order valence-corrected chi connectivity index (χ0v) is 20.0. The minimum absolute atomic E-state index is 0.0903. The third kappa shape index (κ3) is 6.69. The molecule has 0 aliphatic heterocycles. The summed E-state index contributed by atoms with van der Waals surface area (Å²) in [6.45, 7) is 8.80. The molecule has 32 heavy (non-hydrogen) atoms. The molecule has 2 aromatic rings. The summed E-state index contributed by atoms with van der Waals surface area (Å²) in [6.07, 6.45) is 9.75. The Labute approximate surface area is 193 Å². The second kappa shape index (κ2) is 11.3. The lowest BCUT2D eigenvalue weighted by atomic mass is 9.91. The van der Waals surface area contributed by atoms with Crippen molar-refractivity contribution in [3.8, 4) is 11.5 Å². The molecule has 0 aromatic heterocycles. The van der Waals surface area contributed by atoms with Gasteiger partial charge in [-0.25, -0.2) is 0 Å². The van der Waals surface area contributed by atoms with Crippen LogP contribution in [0.15, 0.2) is 46.4 Å². The van der Waals surface area contributed by atoms with Crippen molar-refractivity contribution in [3.05, 3.63) is 58.7 Å². The van der Waals surface area contributed by atoms with Crippen LogP contribution in [0, 0.1) is 11.8 Å². The van der Waals surface area contributed by atoms with Gasteiger partial charge in [-0.05, 0) is 66.8 Å². The van der Waals surface area contributed by atoms with Crippen LogP contribution in [0.4, 0.5) is 0 Å². The lowest BCUT2D eigenvalue weighted by Gasteiger charge is -2.25. The molecule has 0 bridgehead atoms. The molecule has 2 aromatic carbocycles. The lowest BCUT2D eigenvalue weighted by molar-refractivity contribution is 0.390. The minimum atomic E-state index is 0.0903. The zero-order valence-electron chi connectivity index (χ0n) is 20.0. The summed E-state index contributed by atoms with van der Waals surface area (Å²) in [5, 5.41) is 20.9. The number of hydrogen-bond donors (Lipinski definition) is 2. The summed E-state index contributed by atoms with van der Waals surface area (Å²) >= 11 is 0. The molecule has 3 rings (SSSR count). The van der Waals surface area contributed by atoms with Crippen LogP contribution >= 0.6 is 0 Å². The fourth-order valence-corrected chi connectivity index (χ4v) is 4.46. The van der Waals surface area contributed by atoms with Crippen molar-refractivity contribution in [2.75, 3.05) is 0 Å². The van der Waals surface area contributed by atoms with E-state index in [2.05, 4.69) is 39.8 Å². The first-order chi connectivity index (χ1) is 15.3. The molecule has 2 N–H and O–H groups in total. The van der Waals surface area contributed by atoms with Gasteiger partial charge >= 0.3 is 0 Å². The Kier molecular flexibility index (Phi) is 8.49. The van der Waals surface area contributed by atoms with Crippen molar-refractivity contribution < 1.29 is 10.2 Å². The van der Waals surface area contributed by atoms with Crippen molar-refractivity contribution in [1.82, 2.24) is 0 Å². The second-order valence-corrected chi connectivity index (χ2v) is 9.92. The van der Waals surface area contributed by atoms with E-state index in [1.54, 1.807) is 12.3 Å². The van der Waals surface area contributed by atoms with E-state index < -0.39 is 0 Å². The molecule has 1 aliphatic rings. The van der Waals surface area contributed by atoms with Crippen LogP contribution in [0.2, 0.25) is 0 Å². The van der Waals surface area contributed by atoms with Gasteiger partial charge in [-0.2, -0.15) is 0 Å². The van der Waals surface area contributed by atoms with Crippen molar-refractivity contribution >= 4 is 12.4 Å². The predicted octanol–water partition coefficient (Wildman–Crippen LogP) is 6.34. The Hall–Kier alpha value is -2.62. The van der Waals surface area contributed by atoms with E-state index in [0.717, 1.165) is 55.2 Å². The fourth-order valence-electron chi connectivity index (χ4n) is 4.46. The van der Waals surface area contributed by atoms with E-state index >= 15 is 0 Å². The molecule has 172 valence electrons. The molecule has 0 radical (unpaired) electrons. The number of phenols is 2. The van der Waals surface area contributed by atoms with E-state index in [1.807, 2.05) is 24.4 Å². The topological polar surface area (TPSA) is 65.2 Å². The largest absolute Gasteiger partial charge is 0.507 e. The van der Waals surface area contributed by atoms with Crippen LogP contribution in [-0.4, -0.2) is 34.7 Å². The van der Waals surface area contributed by atoms with Crippen LogP contribution in [0.1, 0.15) is 75.6 Å². The Morgan fingerprint density at radius 2 is 1.44 bits per heavy atom. The summed E-state index contributed by atoms with van der Waals surface area (Å²) in [5.41, 5.74) is 3.82. The number of hydrogen-bond acceptors (Lipinski definition) is 4. The molecule has 1 aliphatic carbocycles. The molecule has 0 unspecified atom stereocenters. The summed E-state index contributed by atoms with van der Waals surface area (Å²) in [4.78, 5) is 9.69. The van der Waals surface area contributed by atoms with Crippen molar-refractivity contribution in [2.45, 2.75) is 78.3 Å². The van der Waals surface area contributed by atoms with Gasteiger partial charge in [0.1, 0.15) is 11.5 Å². The summed E-state index contributed by atoms with van der Waals surface area (Å²) < 4.78 is 0. The maximum Gasteiger partial charge on any atom is 0.127 e. The van der Waals surface area contributed by atoms with Gasteiger partial charge in [0.25, 0.3) is 0 Å². The molecule has 0 saturated heterocycles. The van der Waals surface area contributed by atoms with Gasteiger partial charge in [0.05, 0.1) is 12.1 Å². The van der Waals surface area contributed by atoms with E-state index in [4.69, 9.17) is 9.98 Å². The van der Waals surface area contributed by atoms with Gasteiger partial charge in [-0.3, -0.25) is 9.98 Å². The van der Waals surface area contributed by atoms with Crippen LogP contribution in [0.5, 0.6) is 11.5 Å². The Balaban J connectivity index is 1.84. The molecule has 4 nitrogen and oxygen atoms in total. The highest BCUT2D eigenvalue weighted by Crippen LogP contribution is 2.29. The van der Waals surface area contributed by atoms with E-state index in [9.17, 15) is 10.2 Å². The Bertz CT molecular complexity index is 946. The summed E-state index contributed by atoms with van der Waals surface area (Å²) in [5.74, 6) is 1.64. The third-order valence-corrected chi connectivity index (χ3v) is 5.99. The molecule has 0 spiro atoms. The maximum atomic E-state index is 10.9.